The molecule has 24 heavy (non-hydrogen) atoms. The van der Waals surface area contributed by atoms with E-state index in [0.29, 0.717) is 0 Å². The molecule has 0 aromatic heterocycles. The van der Waals surface area contributed by atoms with Crippen LogP contribution in [0.15, 0.2) is 42.5 Å². The summed E-state index contributed by atoms with van der Waals surface area (Å²) in [5, 5.41) is 10.6. The van der Waals surface area contributed by atoms with E-state index in [-0.39, 0.29) is 28.5 Å². The van der Waals surface area contributed by atoms with Gasteiger partial charge in [0.25, 0.3) is 5.69 Å². The van der Waals surface area contributed by atoms with Gasteiger partial charge in [-0.3, -0.25) is 10.1 Å². The first-order chi connectivity index (χ1) is 11.4. The average Bonchev–Trinajstić information content (AvgIpc) is 2.55. The van der Waals surface area contributed by atoms with E-state index in [0.717, 1.165) is 6.07 Å². The highest BCUT2D eigenvalue weighted by Gasteiger charge is 2.16. The summed E-state index contributed by atoms with van der Waals surface area (Å²) in [6.07, 6.45) is 0. The Hall–Kier alpha value is -3.23. The fraction of sp³-hybridized carbons (Fsp3) is 0.133. The monoisotopic (exact) mass is 339 g/mol. The molecule has 0 fully saturated rings. The van der Waals surface area contributed by atoms with Crippen LogP contribution in [0.25, 0.3) is 0 Å². The second-order valence-corrected chi connectivity index (χ2v) is 4.38. The van der Waals surface area contributed by atoms with E-state index in [1.807, 2.05) is 0 Å². The lowest BCUT2D eigenvalue weighted by molar-refractivity contribution is -0.384. The number of nitrogens with zero attached hydrogens (tertiary/aromatic N) is 1. The molecule has 2 aromatic rings. The Labute approximate surface area is 134 Å². The van der Waals surface area contributed by atoms with Gasteiger partial charge in [-0.15, -0.1) is 0 Å². The highest BCUT2D eigenvalue weighted by molar-refractivity contribution is 5.91. The van der Waals surface area contributed by atoms with E-state index >= 15 is 0 Å². The first kappa shape index (κ1) is 17.1. The second kappa shape index (κ2) is 7.36. The van der Waals surface area contributed by atoms with Gasteiger partial charge in [0.1, 0.15) is 5.75 Å². The van der Waals surface area contributed by atoms with Crippen LogP contribution in [-0.2, 0) is 0 Å². The summed E-state index contributed by atoms with van der Waals surface area (Å²) in [5.74, 6) is -0.976. The molecule has 0 N–H and O–H groups in total. The predicted molar refractivity (Wildman–Crippen MR) is 77.7 cm³/mol. The number of methoxy groups -OCH3 is 1. The molecule has 0 spiro atoms. The van der Waals surface area contributed by atoms with Crippen LogP contribution in [0.1, 0.15) is 10.4 Å². The van der Waals surface area contributed by atoms with Gasteiger partial charge in [0.05, 0.1) is 17.6 Å². The van der Waals surface area contributed by atoms with Gasteiger partial charge in [0.2, 0.25) is 0 Å². The molecule has 0 saturated heterocycles. The Kier molecular flexibility index (Phi) is 5.25. The fourth-order valence-electron chi connectivity index (χ4n) is 1.79. The molecular weight excluding hydrogens is 328 g/mol. The van der Waals surface area contributed by atoms with Crippen molar-refractivity contribution in [1.29, 1.82) is 0 Å². The number of carbonyl (C=O) groups is 1. The van der Waals surface area contributed by atoms with Crippen LogP contribution in [-0.4, -0.2) is 24.6 Å². The number of hydrogen-bond acceptors (Lipinski definition) is 6. The molecule has 7 nitrogen and oxygen atoms in total. The summed E-state index contributed by atoms with van der Waals surface area (Å²) in [6.45, 7) is -3.03. The zero-order valence-corrected chi connectivity index (χ0v) is 12.3. The summed E-state index contributed by atoms with van der Waals surface area (Å²) in [6, 6.07) is 8.46. The van der Waals surface area contributed by atoms with Gasteiger partial charge in [-0.1, -0.05) is 0 Å². The number of ether oxygens (including phenoxy) is 3. The van der Waals surface area contributed by atoms with Crippen molar-refractivity contribution < 1.29 is 32.7 Å². The second-order valence-electron chi connectivity index (χ2n) is 4.38. The molecule has 0 saturated carbocycles. The summed E-state index contributed by atoms with van der Waals surface area (Å²) in [4.78, 5) is 22.0. The minimum atomic E-state index is -3.03. The van der Waals surface area contributed by atoms with Crippen molar-refractivity contribution in [2.45, 2.75) is 6.61 Å². The largest absolute Gasteiger partial charge is 0.493 e. The molecule has 0 radical (unpaired) electrons. The molecule has 0 atom stereocenters. The van der Waals surface area contributed by atoms with Crippen LogP contribution in [0.3, 0.4) is 0 Å². The highest BCUT2D eigenvalue weighted by Crippen LogP contribution is 2.30. The summed E-state index contributed by atoms with van der Waals surface area (Å²) >= 11 is 0. The van der Waals surface area contributed by atoms with Gasteiger partial charge in [-0.25, -0.2) is 4.79 Å². The number of alkyl halides is 2. The van der Waals surface area contributed by atoms with E-state index in [4.69, 9.17) is 9.47 Å². The number of rotatable bonds is 6. The Morgan fingerprint density at radius 1 is 1.12 bits per heavy atom. The Balaban J connectivity index is 2.15. The number of benzene rings is 2. The number of halogens is 2. The molecule has 0 bridgehead atoms. The van der Waals surface area contributed by atoms with E-state index in [1.54, 1.807) is 0 Å². The van der Waals surface area contributed by atoms with Crippen LogP contribution in [0.5, 0.6) is 17.2 Å². The molecular formula is C15H11F2NO6. The molecule has 2 rings (SSSR count). The molecule has 0 aliphatic rings. The maximum absolute atomic E-state index is 12.3. The lowest BCUT2D eigenvalue weighted by Crippen LogP contribution is -2.10. The summed E-state index contributed by atoms with van der Waals surface area (Å²) < 4.78 is 38.7. The first-order valence-corrected chi connectivity index (χ1v) is 6.50. The number of esters is 1. The van der Waals surface area contributed by atoms with Crippen molar-refractivity contribution in [2.75, 3.05) is 7.11 Å². The Morgan fingerprint density at radius 2 is 1.79 bits per heavy atom. The Morgan fingerprint density at radius 3 is 2.33 bits per heavy atom. The van der Waals surface area contributed by atoms with Gasteiger partial charge in [-0.2, -0.15) is 8.78 Å². The van der Waals surface area contributed by atoms with Gasteiger partial charge in [0, 0.05) is 12.1 Å². The maximum Gasteiger partial charge on any atom is 0.387 e. The SMILES string of the molecule is COc1cc(C(=O)Oc2ccc([N+](=O)[O-])cc2)ccc1OC(F)F. The minimum absolute atomic E-state index is 0.0341. The quantitative estimate of drug-likeness (QED) is 0.347. The molecule has 126 valence electrons. The molecule has 9 heteroatoms. The number of nitro groups is 1. The molecule has 0 aliphatic carbocycles. The van der Waals surface area contributed by atoms with Gasteiger partial charge < -0.3 is 14.2 Å². The third-order valence-corrected chi connectivity index (χ3v) is 2.87. The van der Waals surface area contributed by atoms with Crippen LogP contribution in [0, 0.1) is 10.1 Å². The number of nitro benzene ring substituents is 1. The fourth-order valence-corrected chi connectivity index (χ4v) is 1.79. The minimum Gasteiger partial charge on any atom is -0.493 e. The van der Waals surface area contributed by atoms with Crippen molar-refractivity contribution >= 4 is 11.7 Å². The Bertz CT molecular complexity index is 748. The zero-order chi connectivity index (χ0) is 17.7. The van der Waals surface area contributed by atoms with Gasteiger partial charge in [-0.05, 0) is 30.3 Å². The maximum atomic E-state index is 12.3. The summed E-state index contributed by atoms with van der Waals surface area (Å²) in [7, 11) is 1.24. The standard InChI is InChI=1S/C15H11F2NO6/c1-22-13-8-9(2-7-12(13)24-15(16)17)14(19)23-11-5-3-10(4-6-11)18(20)21/h2-8,15H,1H3. The van der Waals surface area contributed by atoms with Crippen LogP contribution >= 0.6 is 0 Å². The van der Waals surface area contributed by atoms with Crippen LogP contribution in [0.2, 0.25) is 0 Å². The molecule has 0 unspecified atom stereocenters. The molecule has 2 aromatic carbocycles. The third-order valence-electron chi connectivity index (χ3n) is 2.87. The van der Waals surface area contributed by atoms with Crippen molar-refractivity contribution in [3.05, 3.63) is 58.1 Å². The third kappa shape index (κ3) is 4.15. The predicted octanol–water partition coefficient (Wildman–Crippen LogP) is 3.42. The summed E-state index contributed by atoms with van der Waals surface area (Å²) in [5.41, 5.74) is -0.114. The number of carbonyl (C=O) groups excluding carboxylic acids is 1. The molecule has 0 aliphatic heterocycles. The van der Waals surface area contributed by atoms with Crippen LogP contribution in [0.4, 0.5) is 14.5 Å². The van der Waals surface area contributed by atoms with Gasteiger partial charge >= 0.3 is 12.6 Å². The first-order valence-electron chi connectivity index (χ1n) is 6.50. The van der Waals surface area contributed by atoms with Crippen LogP contribution < -0.4 is 14.2 Å². The molecule has 0 heterocycles. The highest BCUT2D eigenvalue weighted by atomic mass is 19.3. The van der Waals surface area contributed by atoms with E-state index in [1.165, 1.54) is 43.5 Å². The van der Waals surface area contributed by atoms with Crippen molar-refractivity contribution in [1.82, 2.24) is 0 Å². The molecule has 0 amide bonds. The lowest BCUT2D eigenvalue weighted by atomic mass is 10.2. The van der Waals surface area contributed by atoms with E-state index in [2.05, 4.69) is 4.74 Å². The van der Waals surface area contributed by atoms with Gasteiger partial charge in [0.15, 0.2) is 11.5 Å². The zero-order valence-electron chi connectivity index (χ0n) is 12.3. The lowest BCUT2D eigenvalue weighted by Gasteiger charge is -2.11. The number of non-ortho nitro benzene ring substituents is 1. The topological polar surface area (TPSA) is 87.9 Å². The van der Waals surface area contributed by atoms with Crippen molar-refractivity contribution in [3.8, 4) is 17.2 Å². The van der Waals surface area contributed by atoms with E-state index in [9.17, 15) is 23.7 Å². The van der Waals surface area contributed by atoms with Crippen molar-refractivity contribution in [2.24, 2.45) is 0 Å². The average molecular weight is 339 g/mol. The van der Waals surface area contributed by atoms with Crippen molar-refractivity contribution in [3.63, 3.8) is 0 Å². The van der Waals surface area contributed by atoms with E-state index < -0.39 is 17.5 Å². The number of hydrogen-bond donors (Lipinski definition) is 0. The normalized spacial score (nSPS) is 10.3. The smallest absolute Gasteiger partial charge is 0.387 e.